The van der Waals surface area contributed by atoms with Gasteiger partial charge < -0.3 is 14.7 Å². The minimum absolute atomic E-state index is 0.0540. The third-order valence-corrected chi connectivity index (χ3v) is 4.24. The number of unbranched alkanes of at least 4 members (excludes halogenated alkanes) is 1. The average molecular weight is 319 g/mol. The van der Waals surface area contributed by atoms with Crippen LogP contribution in [0.3, 0.4) is 0 Å². The minimum Gasteiger partial charge on any atom is -0.493 e. The summed E-state index contributed by atoms with van der Waals surface area (Å²) < 4.78 is 5.77. The molecule has 1 aliphatic rings. The largest absolute Gasteiger partial charge is 0.493 e. The second kappa shape index (κ2) is 7.99. The number of ether oxygens (including phenoxy) is 1. The normalized spacial score (nSPS) is 17.3. The highest BCUT2D eigenvalue weighted by Crippen LogP contribution is 2.21. The predicted octanol–water partition coefficient (Wildman–Crippen LogP) is 2.93. The molecular weight excluding hydrogens is 294 g/mol. The molecule has 0 saturated carbocycles. The third-order valence-electron chi connectivity index (χ3n) is 4.24. The van der Waals surface area contributed by atoms with Crippen LogP contribution >= 0.6 is 0 Å². The van der Waals surface area contributed by atoms with E-state index in [1.165, 1.54) is 4.90 Å². The number of carbonyl (C=O) groups is 2. The molecule has 0 aliphatic carbocycles. The van der Waals surface area contributed by atoms with E-state index < -0.39 is 12.0 Å². The van der Waals surface area contributed by atoms with Crippen LogP contribution in [0.1, 0.15) is 43.2 Å². The molecule has 0 bridgehead atoms. The average Bonchev–Trinajstić information content (AvgIpc) is 3.00. The van der Waals surface area contributed by atoms with Gasteiger partial charge in [0.05, 0.1) is 6.61 Å². The number of carboxylic acid groups (broad SMARTS) is 1. The van der Waals surface area contributed by atoms with Crippen molar-refractivity contribution in [2.75, 3.05) is 13.2 Å². The number of benzene rings is 1. The van der Waals surface area contributed by atoms with Gasteiger partial charge in [-0.1, -0.05) is 12.1 Å². The van der Waals surface area contributed by atoms with Crippen LogP contribution in [0.25, 0.3) is 0 Å². The number of carbonyl (C=O) groups excluding carboxylic acids is 1. The number of aliphatic carboxylic acids is 1. The molecule has 0 unspecified atom stereocenters. The van der Waals surface area contributed by atoms with Gasteiger partial charge in [-0.3, -0.25) is 4.79 Å². The molecule has 0 radical (unpaired) electrons. The first kappa shape index (κ1) is 17.3. The van der Waals surface area contributed by atoms with Crippen molar-refractivity contribution in [3.63, 3.8) is 0 Å². The zero-order chi connectivity index (χ0) is 16.8. The summed E-state index contributed by atoms with van der Waals surface area (Å²) in [5.74, 6) is -0.0578. The van der Waals surface area contributed by atoms with E-state index in [1.807, 2.05) is 26.0 Å². The van der Waals surface area contributed by atoms with Gasteiger partial charge in [0.15, 0.2) is 0 Å². The van der Waals surface area contributed by atoms with Crippen LogP contribution in [0.5, 0.6) is 5.75 Å². The smallest absolute Gasteiger partial charge is 0.326 e. The van der Waals surface area contributed by atoms with E-state index in [2.05, 4.69) is 6.07 Å². The molecule has 126 valence electrons. The number of nitrogens with zero attached hydrogens (tertiary/aromatic N) is 1. The highest BCUT2D eigenvalue weighted by atomic mass is 16.5. The SMILES string of the molecule is Cc1ccc(C)c(OCCCCC(=O)N2CCC[C@H]2C(=O)O)c1. The van der Waals surface area contributed by atoms with Crippen LogP contribution in [0.4, 0.5) is 0 Å². The molecule has 2 rings (SSSR count). The first-order valence-electron chi connectivity index (χ1n) is 8.21. The molecule has 1 aromatic rings. The van der Waals surface area contributed by atoms with Crippen molar-refractivity contribution in [3.05, 3.63) is 29.3 Å². The Hall–Kier alpha value is -2.04. The van der Waals surface area contributed by atoms with E-state index in [0.717, 1.165) is 29.7 Å². The quantitative estimate of drug-likeness (QED) is 0.785. The number of aryl methyl sites for hydroxylation is 2. The highest BCUT2D eigenvalue weighted by molar-refractivity contribution is 5.84. The summed E-state index contributed by atoms with van der Waals surface area (Å²) in [5.41, 5.74) is 2.27. The molecule has 1 amide bonds. The Balaban J connectivity index is 1.70. The van der Waals surface area contributed by atoms with Crippen LogP contribution in [-0.4, -0.2) is 41.1 Å². The van der Waals surface area contributed by atoms with E-state index in [1.54, 1.807) is 0 Å². The van der Waals surface area contributed by atoms with Crippen LogP contribution in [0, 0.1) is 13.8 Å². The molecule has 23 heavy (non-hydrogen) atoms. The number of likely N-dealkylation sites (tertiary alicyclic amines) is 1. The van der Waals surface area contributed by atoms with Gasteiger partial charge in [0.2, 0.25) is 5.91 Å². The lowest BCUT2D eigenvalue weighted by Crippen LogP contribution is -2.40. The van der Waals surface area contributed by atoms with Crippen LogP contribution in [0.2, 0.25) is 0 Å². The van der Waals surface area contributed by atoms with Gasteiger partial charge in [-0.05, 0) is 56.7 Å². The Labute approximate surface area is 137 Å². The van der Waals surface area contributed by atoms with Crippen molar-refractivity contribution >= 4 is 11.9 Å². The van der Waals surface area contributed by atoms with Crippen LogP contribution < -0.4 is 4.74 Å². The lowest BCUT2D eigenvalue weighted by Gasteiger charge is -2.21. The van der Waals surface area contributed by atoms with Gasteiger partial charge in [0, 0.05) is 13.0 Å². The Bertz CT molecular complexity index is 570. The molecule has 1 atom stereocenters. The van der Waals surface area contributed by atoms with Crippen molar-refractivity contribution in [3.8, 4) is 5.75 Å². The molecule has 1 aliphatic heterocycles. The zero-order valence-corrected chi connectivity index (χ0v) is 13.9. The molecule has 1 heterocycles. The summed E-state index contributed by atoms with van der Waals surface area (Å²) in [6.45, 7) is 5.17. The van der Waals surface area contributed by atoms with Gasteiger partial charge in [-0.25, -0.2) is 4.79 Å². The molecule has 5 heteroatoms. The molecule has 5 nitrogen and oxygen atoms in total. The first-order valence-corrected chi connectivity index (χ1v) is 8.21. The molecule has 0 spiro atoms. The molecule has 1 fully saturated rings. The number of hydrogen-bond donors (Lipinski definition) is 1. The lowest BCUT2D eigenvalue weighted by molar-refractivity contribution is -0.148. The summed E-state index contributed by atoms with van der Waals surface area (Å²) >= 11 is 0. The number of carboxylic acids is 1. The predicted molar refractivity (Wildman–Crippen MR) is 87.6 cm³/mol. The third kappa shape index (κ3) is 4.71. The number of hydrogen-bond acceptors (Lipinski definition) is 3. The van der Waals surface area contributed by atoms with Gasteiger partial charge in [0.1, 0.15) is 11.8 Å². The molecule has 1 aromatic carbocycles. The van der Waals surface area contributed by atoms with Gasteiger partial charge >= 0.3 is 5.97 Å². The summed E-state index contributed by atoms with van der Waals surface area (Å²) in [6, 6.07) is 5.47. The van der Waals surface area contributed by atoms with Crippen LogP contribution in [-0.2, 0) is 9.59 Å². The fourth-order valence-corrected chi connectivity index (χ4v) is 2.89. The Kier molecular flexibility index (Phi) is 6.02. The van der Waals surface area contributed by atoms with E-state index in [9.17, 15) is 9.59 Å². The number of rotatable bonds is 7. The fraction of sp³-hybridized carbons (Fsp3) is 0.556. The summed E-state index contributed by atoms with van der Waals surface area (Å²) in [7, 11) is 0. The van der Waals surface area contributed by atoms with Crippen molar-refractivity contribution in [2.24, 2.45) is 0 Å². The maximum absolute atomic E-state index is 12.1. The molecular formula is C18H25NO4. The van der Waals surface area contributed by atoms with Crippen molar-refractivity contribution < 1.29 is 19.4 Å². The first-order chi connectivity index (χ1) is 11.0. The van der Waals surface area contributed by atoms with Gasteiger partial charge in [-0.2, -0.15) is 0 Å². The van der Waals surface area contributed by atoms with Crippen molar-refractivity contribution in [1.29, 1.82) is 0 Å². The Morgan fingerprint density at radius 3 is 2.83 bits per heavy atom. The van der Waals surface area contributed by atoms with Crippen LogP contribution in [0.15, 0.2) is 18.2 Å². The summed E-state index contributed by atoms with van der Waals surface area (Å²) in [6.07, 6.45) is 3.23. The maximum Gasteiger partial charge on any atom is 0.326 e. The molecule has 1 saturated heterocycles. The fourth-order valence-electron chi connectivity index (χ4n) is 2.89. The Morgan fingerprint density at radius 1 is 1.30 bits per heavy atom. The molecule has 1 N–H and O–H groups in total. The van der Waals surface area contributed by atoms with Crippen molar-refractivity contribution in [1.82, 2.24) is 4.90 Å². The zero-order valence-electron chi connectivity index (χ0n) is 13.9. The van der Waals surface area contributed by atoms with Gasteiger partial charge in [0.25, 0.3) is 0 Å². The second-order valence-electron chi connectivity index (χ2n) is 6.16. The topological polar surface area (TPSA) is 66.8 Å². The van der Waals surface area contributed by atoms with E-state index in [0.29, 0.717) is 32.4 Å². The summed E-state index contributed by atoms with van der Waals surface area (Å²) in [4.78, 5) is 24.7. The van der Waals surface area contributed by atoms with E-state index in [4.69, 9.17) is 9.84 Å². The minimum atomic E-state index is -0.894. The van der Waals surface area contributed by atoms with Gasteiger partial charge in [-0.15, -0.1) is 0 Å². The van der Waals surface area contributed by atoms with Crippen molar-refractivity contribution in [2.45, 2.75) is 52.0 Å². The lowest BCUT2D eigenvalue weighted by atomic mass is 10.1. The molecule has 0 aromatic heterocycles. The number of amides is 1. The van der Waals surface area contributed by atoms with E-state index >= 15 is 0 Å². The highest BCUT2D eigenvalue weighted by Gasteiger charge is 2.33. The Morgan fingerprint density at radius 2 is 2.09 bits per heavy atom. The standard InChI is InChI=1S/C18H25NO4/c1-13-8-9-14(2)16(12-13)23-11-4-3-7-17(20)19-10-5-6-15(19)18(21)22/h8-9,12,15H,3-7,10-11H2,1-2H3,(H,21,22)/t15-/m0/s1. The maximum atomic E-state index is 12.1. The summed E-state index contributed by atoms with van der Waals surface area (Å²) in [5, 5.41) is 9.10. The van der Waals surface area contributed by atoms with E-state index in [-0.39, 0.29) is 5.91 Å². The monoisotopic (exact) mass is 319 g/mol. The second-order valence-corrected chi connectivity index (χ2v) is 6.16.